The lowest BCUT2D eigenvalue weighted by Crippen LogP contribution is -2.31. The van der Waals surface area contributed by atoms with Crippen molar-refractivity contribution in [2.75, 3.05) is 18.9 Å². The molecule has 1 aliphatic rings. The maximum atomic E-state index is 14.6. The average Bonchev–Trinajstić information content (AvgIpc) is 2.96. The Hall–Kier alpha value is -2.98. The number of hydrogen-bond donors (Lipinski definition) is 1. The normalized spacial score (nSPS) is 19.9. The van der Waals surface area contributed by atoms with Gasteiger partial charge in [-0.3, -0.25) is 0 Å². The molecule has 36 heavy (non-hydrogen) atoms. The lowest BCUT2D eigenvalue weighted by Gasteiger charge is -2.28. The fraction of sp³-hybridized carbons (Fsp3) is 0.480. The van der Waals surface area contributed by atoms with Crippen LogP contribution in [0, 0.1) is 0 Å². The third-order valence-corrected chi connectivity index (χ3v) is 5.51. The van der Waals surface area contributed by atoms with Crippen LogP contribution in [0.15, 0.2) is 65.3 Å². The Morgan fingerprint density at radius 1 is 1.22 bits per heavy atom. The minimum absolute atomic E-state index is 0.123. The van der Waals surface area contributed by atoms with Crippen molar-refractivity contribution in [2.24, 2.45) is 0 Å². The molecule has 200 valence electrons. The Balaban J connectivity index is 2.44. The summed E-state index contributed by atoms with van der Waals surface area (Å²) in [5.41, 5.74) is -0.488. The molecule has 0 amide bonds. The fourth-order valence-electron chi connectivity index (χ4n) is 3.85. The van der Waals surface area contributed by atoms with E-state index < -0.39 is 35.7 Å². The van der Waals surface area contributed by atoms with Crippen LogP contribution in [0.25, 0.3) is 0 Å². The Labute approximate surface area is 206 Å². The van der Waals surface area contributed by atoms with Crippen LogP contribution in [0.3, 0.4) is 0 Å². The van der Waals surface area contributed by atoms with Crippen molar-refractivity contribution in [3.8, 4) is 5.75 Å². The zero-order chi connectivity index (χ0) is 26.9. The molecule has 0 bridgehead atoms. The van der Waals surface area contributed by atoms with Crippen molar-refractivity contribution in [3.05, 3.63) is 65.3 Å². The van der Waals surface area contributed by atoms with Crippen molar-refractivity contribution >= 4 is 5.82 Å². The number of hydrogen-bond acceptors (Lipinski definition) is 4. The minimum Gasteiger partial charge on any atom is -0.402 e. The Bertz CT molecular complexity index is 994. The molecule has 4 nitrogen and oxygen atoms in total. The maximum Gasteiger partial charge on any atom is 0.573 e. The number of aromatic nitrogens is 1. The van der Waals surface area contributed by atoms with E-state index in [9.17, 15) is 30.7 Å². The third kappa shape index (κ3) is 8.91. The van der Waals surface area contributed by atoms with Crippen LogP contribution in [0.5, 0.6) is 5.75 Å². The Morgan fingerprint density at radius 2 is 1.94 bits per heavy atom. The number of alkyl halides is 6. The van der Waals surface area contributed by atoms with E-state index in [0.29, 0.717) is 18.7 Å². The molecule has 1 aromatic heterocycles. The van der Waals surface area contributed by atoms with Crippen LogP contribution in [0.1, 0.15) is 46.0 Å². The van der Waals surface area contributed by atoms with Crippen LogP contribution < -0.4 is 10.1 Å². The quantitative estimate of drug-likeness (QED) is 0.279. The van der Waals surface area contributed by atoms with E-state index in [4.69, 9.17) is 0 Å². The van der Waals surface area contributed by atoms with E-state index in [0.717, 1.165) is 37.1 Å². The van der Waals surface area contributed by atoms with Crippen LogP contribution >= 0.6 is 0 Å². The highest BCUT2D eigenvalue weighted by atomic mass is 19.4. The number of pyridine rings is 1. The van der Waals surface area contributed by atoms with Crippen LogP contribution in [0.2, 0.25) is 0 Å². The molecule has 0 saturated carbocycles. The standard InChI is InChI=1S/C25H30F7N3O/c1-4-9-18(24(27,28)29)16-17(19(26)5-2)12-13-21-20(10-6-7-15-35(21)3)34-23-22(11-8-14-33-23)36-25(30,31)32/h5,8-9,11,13-14,16,20H,4,6-7,10,12,15H2,1-3H3,(H,33,34)/b17-16-,18-9-,19-5+,21-13-. The van der Waals surface area contributed by atoms with Crippen molar-refractivity contribution in [1.82, 2.24) is 9.88 Å². The molecule has 1 atom stereocenters. The maximum absolute atomic E-state index is 14.6. The molecule has 2 rings (SSSR count). The number of nitrogens with zero attached hydrogens (tertiary/aromatic N) is 2. The second-order valence-corrected chi connectivity index (χ2v) is 8.22. The molecule has 1 fully saturated rings. The van der Waals surface area contributed by atoms with Gasteiger partial charge in [0.15, 0.2) is 11.6 Å². The van der Waals surface area contributed by atoms with Gasteiger partial charge in [-0.2, -0.15) is 13.2 Å². The van der Waals surface area contributed by atoms with Gasteiger partial charge in [-0.1, -0.05) is 25.2 Å². The molecule has 0 radical (unpaired) electrons. The first-order valence-corrected chi connectivity index (χ1v) is 11.5. The summed E-state index contributed by atoms with van der Waals surface area (Å²) in [4.78, 5) is 5.83. The monoisotopic (exact) mass is 521 g/mol. The number of allylic oxidation sites excluding steroid dienone is 7. The number of halogens is 7. The predicted molar refractivity (Wildman–Crippen MR) is 125 cm³/mol. The molecular weight excluding hydrogens is 491 g/mol. The highest BCUT2D eigenvalue weighted by molar-refractivity contribution is 5.51. The van der Waals surface area contributed by atoms with Gasteiger partial charge in [0, 0.05) is 25.5 Å². The van der Waals surface area contributed by atoms with Crippen LogP contribution in [-0.4, -0.2) is 42.1 Å². The summed E-state index contributed by atoms with van der Waals surface area (Å²) in [5.74, 6) is -1.41. The molecule has 2 heterocycles. The molecular formula is C25H30F7N3O. The van der Waals surface area contributed by atoms with Crippen molar-refractivity contribution in [1.29, 1.82) is 0 Å². The molecule has 1 aliphatic heterocycles. The topological polar surface area (TPSA) is 37.4 Å². The number of likely N-dealkylation sites (tertiary alicyclic amines) is 1. The number of likely N-dealkylation sites (N-methyl/N-ethyl adjacent to an activating group) is 1. The fourth-order valence-corrected chi connectivity index (χ4v) is 3.85. The molecule has 0 aliphatic carbocycles. The number of rotatable bonds is 8. The summed E-state index contributed by atoms with van der Waals surface area (Å²) in [5, 5.41) is 2.98. The second-order valence-electron chi connectivity index (χ2n) is 8.22. The molecule has 11 heteroatoms. The van der Waals surface area contributed by atoms with Crippen LogP contribution in [-0.2, 0) is 0 Å². The number of anilines is 1. The van der Waals surface area contributed by atoms with Gasteiger partial charge in [-0.15, -0.1) is 13.2 Å². The lowest BCUT2D eigenvalue weighted by atomic mass is 10.0. The summed E-state index contributed by atoms with van der Waals surface area (Å²) in [6.07, 6.45) is -1.74. The van der Waals surface area contributed by atoms with E-state index in [2.05, 4.69) is 15.0 Å². The van der Waals surface area contributed by atoms with Crippen molar-refractivity contribution < 1.29 is 35.5 Å². The summed E-state index contributed by atoms with van der Waals surface area (Å²) < 4.78 is 97.4. The Morgan fingerprint density at radius 3 is 2.56 bits per heavy atom. The molecule has 1 aromatic rings. The SMILES string of the molecule is C\C=C(F)/C(=C\C(=C\CC)C(F)(F)F)C/C=C1/C(Nc2ncccc2OC(F)(F)F)CCCCN1C. The van der Waals surface area contributed by atoms with Gasteiger partial charge in [0.25, 0.3) is 0 Å². The van der Waals surface area contributed by atoms with Gasteiger partial charge in [0.1, 0.15) is 5.83 Å². The lowest BCUT2D eigenvalue weighted by molar-refractivity contribution is -0.274. The number of nitrogens with one attached hydrogen (secondary N) is 1. The Kier molecular flexibility index (Phi) is 10.4. The van der Waals surface area contributed by atoms with E-state index in [-0.39, 0.29) is 24.2 Å². The van der Waals surface area contributed by atoms with Crippen molar-refractivity contribution in [3.63, 3.8) is 0 Å². The van der Waals surface area contributed by atoms with Gasteiger partial charge in [-0.25, -0.2) is 9.37 Å². The van der Waals surface area contributed by atoms with E-state index in [1.165, 1.54) is 19.2 Å². The second kappa shape index (κ2) is 12.8. The van der Waals surface area contributed by atoms with Crippen molar-refractivity contribution in [2.45, 2.75) is 64.5 Å². The smallest absolute Gasteiger partial charge is 0.402 e. The van der Waals surface area contributed by atoms with Crippen LogP contribution in [0.4, 0.5) is 36.6 Å². The first kappa shape index (κ1) is 29.3. The van der Waals surface area contributed by atoms with Gasteiger partial charge in [0.05, 0.1) is 11.6 Å². The van der Waals surface area contributed by atoms with Gasteiger partial charge >= 0.3 is 12.5 Å². The third-order valence-electron chi connectivity index (χ3n) is 5.51. The average molecular weight is 522 g/mol. The minimum atomic E-state index is -4.91. The summed E-state index contributed by atoms with van der Waals surface area (Å²) in [6.45, 7) is 3.56. The molecule has 1 N–H and O–H groups in total. The molecule has 1 saturated heterocycles. The highest BCUT2D eigenvalue weighted by Crippen LogP contribution is 2.33. The molecule has 0 spiro atoms. The zero-order valence-electron chi connectivity index (χ0n) is 20.3. The summed E-state index contributed by atoms with van der Waals surface area (Å²) >= 11 is 0. The summed E-state index contributed by atoms with van der Waals surface area (Å²) in [7, 11) is 1.77. The highest BCUT2D eigenvalue weighted by Gasteiger charge is 2.34. The van der Waals surface area contributed by atoms with Gasteiger partial charge in [0.2, 0.25) is 0 Å². The zero-order valence-corrected chi connectivity index (χ0v) is 20.3. The summed E-state index contributed by atoms with van der Waals surface area (Å²) in [6, 6.07) is 1.92. The molecule has 0 aromatic carbocycles. The molecule has 1 unspecified atom stereocenters. The van der Waals surface area contributed by atoms with E-state index in [1.807, 2.05) is 4.90 Å². The van der Waals surface area contributed by atoms with E-state index >= 15 is 0 Å². The first-order chi connectivity index (χ1) is 16.9. The largest absolute Gasteiger partial charge is 0.573 e. The van der Waals surface area contributed by atoms with E-state index in [1.54, 1.807) is 20.0 Å². The first-order valence-electron chi connectivity index (χ1n) is 11.5. The van der Waals surface area contributed by atoms with Gasteiger partial charge in [-0.05, 0) is 62.8 Å². The predicted octanol–water partition coefficient (Wildman–Crippen LogP) is 7.85. The number of ether oxygens (including phenoxy) is 1. The van der Waals surface area contributed by atoms with Gasteiger partial charge < -0.3 is 15.0 Å².